The van der Waals surface area contributed by atoms with E-state index in [0.717, 1.165) is 0 Å². The van der Waals surface area contributed by atoms with Gasteiger partial charge in [-0.3, -0.25) is 14.5 Å². The van der Waals surface area contributed by atoms with Gasteiger partial charge in [0, 0.05) is 5.56 Å². The Morgan fingerprint density at radius 3 is 1.91 bits per heavy atom. The van der Waals surface area contributed by atoms with Crippen molar-refractivity contribution < 1.29 is 23.9 Å². The third-order valence-corrected chi connectivity index (χ3v) is 2.92. The van der Waals surface area contributed by atoms with Crippen LogP contribution in [-0.4, -0.2) is 35.7 Å². The van der Waals surface area contributed by atoms with Crippen LogP contribution < -0.4 is 0 Å². The Kier molecular flexibility index (Phi) is 5.35. The van der Waals surface area contributed by atoms with E-state index < -0.39 is 24.4 Å². The van der Waals surface area contributed by atoms with Crippen LogP contribution in [0.2, 0.25) is 0 Å². The highest BCUT2D eigenvalue weighted by Gasteiger charge is 2.21. The van der Waals surface area contributed by atoms with Crippen molar-refractivity contribution in [3.63, 3.8) is 0 Å². The quantitative estimate of drug-likeness (QED) is 0.476. The van der Waals surface area contributed by atoms with Gasteiger partial charge in [-0.1, -0.05) is 36.4 Å². The molecule has 2 amide bonds. The lowest BCUT2D eigenvalue weighted by Gasteiger charge is -2.14. The van der Waals surface area contributed by atoms with Crippen molar-refractivity contribution >= 4 is 24.3 Å². The van der Waals surface area contributed by atoms with Crippen LogP contribution in [0.3, 0.4) is 0 Å². The van der Waals surface area contributed by atoms with E-state index in [1.165, 1.54) is 24.3 Å². The number of carbonyl (C=O) groups is 4. The number of rotatable bonds is 5. The van der Waals surface area contributed by atoms with Crippen molar-refractivity contribution in [2.45, 2.75) is 0 Å². The molecule has 2 rings (SSSR count). The molecular weight excluding hydrogens is 298 g/mol. The molecular formula is C17H13NO5. The molecule has 0 radical (unpaired) electrons. The minimum absolute atomic E-state index is 0.202. The lowest BCUT2D eigenvalue weighted by molar-refractivity contribution is -0.140. The average molecular weight is 311 g/mol. The molecule has 0 atom stereocenters. The smallest absolute Gasteiger partial charge is 0.345 e. The second-order valence-electron chi connectivity index (χ2n) is 4.53. The summed E-state index contributed by atoms with van der Waals surface area (Å²) in [5, 5.41) is 0. The number of esters is 2. The highest BCUT2D eigenvalue weighted by molar-refractivity contribution is 6.03. The van der Waals surface area contributed by atoms with Crippen LogP contribution in [0.15, 0.2) is 60.7 Å². The van der Waals surface area contributed by atoms with Gasteiger partial charge in [0.05, 0.1) is 5.56 Å². The van der Waals surface area contributed by atoms with Gasteiger partial charge in [-0.25, -0.2) is 9.59 Å². The standard InChI is InChI=1S/C17H13NO5/c19-12-18(16(21)13-7-3-1-4-8-13)11-15(20)23-17(22)14-9-5-2-6-10-14/h1-10,12H,11H2. The first-order valence-corrected chi connectivity index (χ1v) is 6.73. The summed E-state index contributed by atoms with van der Waals surface area (Å²) in [7, 11) is 0. The van der Waals surface area contributed by atoms with Crippen LogP contribution in [0.1, 0.15) is 20.7 Å². The van der Waals surface area contributed by atoms with E-state index in [2.05, 4.69) is 4.74 Å². The van der Waals surface area contributed by atoms with Gasteiger partial charge in [-0.05, 0) is 24.3 Å². The summed E-state index contributed by atoms with van der Waals surface area (Å²) in [6, 6.07) is 15.9. The maximum atomic E-state index is 12.1. The molecule has 0 unspecified atom stereocenters. The largest absolute Gasteiger partial charge is 0.388 e. The van der Waals surface area contributed by atoms with Gasteiger partial charge in [0.2, 0.25) is 6.41 Å². The first-order chi connectivity index (χ1) is 11.1. The number of benzene rings is 2. The van der Waals surface area contributed by atoms with Gasteiger partial charge in [-0.15, -0.1) is 0 Å². The van der Waals surface area contributed by atoms with Gasteiger partial charge in [-0.2, -0.15) is 0 Å². The minimum Gasteiger partial charge on any atom is -0.388 e. The van der Waals surface area contributed by atoms with Crippen LogP contribution in [-0.2, 0) is 14.3 Å². The molecule has 0 aliphatic carbocycles. The van der Waals surface area contributed by atoms with Gasteiger partial charge >= 0.3 is 11.9 Å². The van der Waals surface area contributed by atoms with Crippen LogP contribution in [0, 0.1) is 0 Å². The van der Waals surface area contributed by atoms with E-state index in [1.807, 2.05) is 0 Å². The average Bonchev–Trinajstić information content (AvgIpc) is 2.60. The fraction of sp³-hybridized carbons (Fsp3) is 0.0588. The molecule has 0 saturated carbocycles. The van der Waals surface area contributed by atoms with Crippen LogP contribution in [0.5, 0.6) is 0 Å². The predicted molar refractivity (Wildman–Crippen MR) is 80.4 cm³/mol. The number of carbonyl (C=O) groups excluding carboxylic acids is 4. The molecule has 116 valence electrons. The van der Waals surface area contributed by atoms with Gasteiger partial charge < -0.3 is 4.74 Å². The number of hydrogen-bond donors (Lipinski definition) is 0. The number of hydrogen-bond acceptors (Lipinski definition) is 5. The molecule has 2 aromatic rings. The summed E-state index contributed by atoms with van der Waals surface area (Å²) in [6.45, 7) is -0.643. The second kappa shape index (κ2) is 7.65. The molecule has 0 heterocycles. The Morgan fingerprint density at radius 1 is 0.870 bits per heavy atom. The van der Waals surface area contributed by atoms with Crippen LogP contribution in [0.25, 0.3) is 0 Å². The first kappa shape index (κ1) is 16.1. The lowest BCUT2D eigenvalue weighted by atomic mass is 10.2. The van der Waals surface area contributed by atoms with E-state index in [-0.39, 0.29) is 17.5 Å². The Labute approximate surface area is 132 Å². The number of amides is 2. The molecule has 0 aliphatic heterocycles. The molecule has 0 aromatic heterocycles. The Bertz CT molecular complexity index is 712. The third-order valence-electron chi connectivity index (χ3n) is 2.92. The highest BCUT2D eigenvalue weighted by Crippen LogP contribution is 2.05. The van der Waals surface area contributed by atoms with E-state index in [1.54, 1.807) is 36.4 Å². The highest BCUT2D eigenvalue weighted by atomic mass is 16.6. The number of nitrogens with zero attached hydrogens (tertiary/aromatic N) is 1. The maximum Gasteiger partial charge on any atom is 0.345 e. The molecule has 0 saturated heterocycles. The fourth-order valence-corrected chi connectivity index (χ4v) is 1.81. The van der Waals surface area contributed by atoms with Crippen molar-refractivity contribution in [1.82, 2.24) is 4.90 Å². The number of imide groups is 1. The summed E-state index contributed by atoms with van der Waals surface area (Å²) < 4.78 is 4.62. The Hall–Kier alpha value is -3.28. The summed E-state index contributed by atoms with van der Waals surface area (Å²) in [4.78, 5) is 47.2. The van der Waals surface area contributed by atoms with E-state index in [0.29, 0.717) is 4.90 Å². The molecule has 6 heteroatoms. The summed E-state index contributed by atoms with van der Waals surface area (Å²) in [6.07, 6.45) is 0.226. The summed E-state index contributed by atoms with van der Waals surface area (Å²) in [5.41, 5.74) is 0.453. The molecule has 0 fully saturated rings. The van der Waals surface area contributed by atoms with Crippen molar-refractivity contribution in [3.05, 3.63) is 71.8 Å². The van der Waals surface area contributed by atoms with Crippen molar-refractivity contribution in [2.24, 2.45) is 0 Å². The van der Waals surface area contributed by atoms with Crippen molar-refractivity contribution in [1.29, 1.82) is 0 Å². The molecule has 0 N–H and O–H groups in total. The monoisotopic (exact) mass is 311 g/mol. The van der Waals surface area contributed by atoms with Crippen molar-refractivity contribution in [2.75, 3.05) is 6.54 Å². The fourth-order valence-electron chi connectivity index (χ4n) is 1.81. The maximum absolute atomic E-state index is 12.1. The van der Waals surface area contributed by atoms with Crippen LogP contribution in [0.4, 0.5) is 0 Å². The Balaban J connectivity index is 1.99. The lowest BCUT2D eigenvalue weighted by Crippen LogP contribution is -2.36. The molecule has 6 nitrogen and oxygen atoms in total. The van der Waals surface area contributed by atoms with Gasteiger partial charge in [0.15, 0.2) is 0 Å². The molecule has 0 aliphatic rings. The molecule has 2 aromatic carbocycles. The summed E-state index contributed by atoms with van der Waals surface area (Å²) in [5.74, 6) is -2.48. The molecule has 0 bridgehead atoms. The third kappa shape index (κ3) is 4.34. The SMILES string of the molecule is O=CN(CC(=O)OC(=O)c1ccccc1)C(=O)c1ccccc1. The van der Waals surface area contributed by atoms with Crippen LogP contribution >= 0.6 is 0 Å². The normalized spacial score (nSPS) is 9.74. The van der Waals surface area contributed by atoms with E-state index in [9.17, 15) is 19.2 Å². The zero-order valence-corrected chi connectivity index (χ0v) is 12.0. The predicted octanol–water partition coefficient (Wildman–Crippen LogP) is 1.67. The van der Waals surface area contributed by atoms with Gasteiger partial charge in [0.1, 0.15) is 6.54 Å². The topological polar surface area (TPSA) is 80.8 Å². The first-order valence-electron chi connectivity index (χ1n) is 6.73. The van der Waals surface area contributed by atoms with Gasteiger partial charge in [0.25, 0.3) is 5.91 Å². The molecule has 0 spiro atoms. The van der Waals surface area contributed by atoms with E-state index in [4.69, 9.17) is 0 Å². The number of ether oxygens (including phenoxy) is 1. The second-order valence-corrected chi connectivity index (χ2v) is 4.53. The Morgan fingerprint density at radius 2 is 1.39 bits per heavy atom. The zero-order valence-electron chi connectivity index (χ0n) is 12.0. The summed E-state index contributed by atoms with van der Waals surface area (Å²) >= 11 is 0. The molecule has 23 heavy (non-hydrogen) atoms. The minimum atomic E-state index is -0.991. The van der Waals surface area contributed by atoms with E-state index >= 15 is 0 Å². The van der Waals surface area contributed by atoms with Crippen molar-refractivity contribution in [3.8, 4) is 0 Å². The zero-order chi connectivity index (χ0) is 16.7.